The number of likely N-dealkylation sites (N-methyl/N-ethyl adjacent to an activating group) is 1. The van der Waals surface area contributed by atoms with E-state index in [1.165, 1.54) is 51.3 Å². The SMILES string of the molecule is CCN1CCN(C2CN(c3nccnc3C3CC3)C2)CC1. The summed E-state index contributed by atoms with van der Waals surface area (Å²) in [6.07, 6.45) is 6.27. The lowest BCUT2D eigenvalue weighted by molar-refractivity contribution is 0.0858. The first-order valence-electron chi connectivity index (χ1n) is 8.37. The Kier molecular flexibility index (Phi) is 3.55. The summed E-state index contributed by atoms with van der Waals surface area (Å²) in [5.74, 6) is 1.84. The molecule has 1 aliphatic carbocycles. The second-order valence-corrected chi connectivity index (χ2v) is 6.57. The van der Waals surface area contributed by atoms with Crippen molar-refractivity contribution in [3.63, 3.8) is 0 Å². The van der Waals surface area contributed by atoms with Gasteiger partial charge in [0.05, 0.1) is 5.69 Å². The molecule has 0 aromatic carbocycles. The third kappa shape index (κ3) is 2.64. The zero-order valence-corrected chi connectivity index (χ0v) is 12.9. The second kappa shape index (κ2) is 5.54. The molecule has 1 aromatic rings. The molecule has 0 N–H and O–H groups in total. The molecule has 5 nitrogen and oxygen atoms in total. The van der Waals surface area contributed by atoms with Crippen LogP contribution in [0.25, 0.3) is 0 Å². The van der Waals surface area contributed by atoms with Gasteiger partial charge in [-0.15, -0.1) is 0 Å². The molecule has 0 bridgehead atoms. The van der Waals surface area contributed by atoms with Crippen molar-refractivity contribution in [2.45, 2.75) is 31.7 Å². The van der Waals surface area contributed by atoms with Crippen LogP contribution in [0.2, 0.25) is 0 Å². The summed E-state index contributed by atoms with van der Waals surface area (Å²) in [6.45, 7) is 10.6. The van der Waals surface area contributed by atoms with Gasteiger partial charge in [-0.05, 0) is 19.4 Å². The number of piperazine rings is 1. The molecular formula is C16H25N5. The lowest BCUT2D eigenvalue weighted by Gasteiger charge is -2.48. The van der Waals surface area contributed by atoms with Crippen molar-refractivity contribution < 1.29 is 0 Å². The van der Waals surface area contributed by atoms with Crippen molar-refractivity contribution >= 4 is 5.82 Å². The van der Waals surface area contributed by atoms with Crippen LogP contribution in [0.5, 0.6) is 0 Å². The van der Waals surface area contributed by atoms with Gasteiger partial charge < -0.3 is 9.80 Å². The predicted molar refractivity (Wildman–Crippen MR) is 83.7 cm³/mol. The van der Waals surface area contributed by atoms with Crippen molar-refractivity contribution in [3.8, 4) is 0 Å². The van der Waals surface area contributed by atoms with Crippen molar-refractivity contribution in [3.05, 3.63) is 18.1 Å². The minimum absolute atomic E-state index is 0.681. The van der Waals surface area contributed by atoms with E-state index in [1.54, 1.807) is 0 Å². The molecule has 2 aliphatic heterocycles. The Bertz CT molecular complexity index is 487. The van der Waals surface area contributed by atoms with Gasteiger partial charge in [-0.2, -0.15) is 0 Å². The van der Waals surface area contributed by atoms with Gasteiger partial charge in [0.15, 0.2) is 5.82 Å². The number of rotatable bonds is 4. The molecule has 114 valence electrons. The van der Waals surface area contributed by atoms with Gasteiger partial charge in [-0.1, -0.05) is 6.92 Å². The van der Waals surface area contributed by atoms with E-state index in [0.29, 0.717) is 5.92 Å². The summed E-state index contributed by atoms with van der Waals surface area (Å²) in [7, 11) is 0. The highest BCUT2D eigenvalue weighted by atomic mass is 15.4. The van der Waals surface area contributed by atoms with E-state index >= 15 is 0 Å². The van der Waals surface area contributed by atoms with E-state index in [9.17, 15) is 0 Å². The summed E-state index contributed by atoms with van der Waals surface area (Å²) >= 11 is 0. The second-order valence-electron chi connectivity index (χ2n) is 6.57. The lowest BCUT2D eigenvalue weighted by atomic mass is 10.0. The summed E-state index contributed by atoms with van der Waals surface area (Å²) < 4.78 is 0. The third-order valence-corrected chi connectivity index (χ3v) is 5.20. The van der Waals surface area contributed by atoms with Gasteiger partial charge >= 0.3 is 0 Å². The molecule has 0 unspecified atom stereocenters. The number of aromatic nitrogens is 2. The first kappa shape index (κ1) is 13.5. The molecular weight excluding hydrogens is 262 g/mol. The van der Waals surface area contributed by atoms with E-state index in [1.807, 2.05) is 12.4 Å². The van der Waals surface area contributed by atoms with Crippen molar-refractivity contribution in [2.24, 2.45) is 0 Å². The highest BCUT2D eigenvalue weighted by Gasteiger charge is 2.37. The molecule has 5 heteroatoms. The van der Waals surface area contributed by atoms with Crippen LogP contribution in [0, 0.1) is 0 Å². The molecule has 3 fully saturated rings. The molecule has 2 saturated heterocycles. The van der Waals surface area contributed by atoms with Crippen LogP contribution < -0.4 is 4.90 Å². The number of hydrogen-bond donors (Lipinski definition) is 0. The maximum absolute atomic E-state index is 4.60. The fourth-order valence-electron chi connectivity index (χ4n) is 3.53. The summed E-state index contributed by atoms with van der Waals surface area (Å²) in [5, 5.41) is 0. The molecule has 0 radical (unpaired) electrons. The van der Waals surface area contributed by atoms with E-state index in [0.717, 1.165) is 24.9 Å². The lowest BCUT2D eigenvalue weighted by Crippen LogP contribution is -2.63. The smallest absolute Gasteiger partial charge is 0.150 e. The minimum Gasteiger partial charge on any atom is -0.352 e. The van der Waals surface area contributed by atoms with Crippen LogP contribution in [0.15, 0.2) is 12.4 Å². The fourth-order valence-corrected chi connectivity index (χ4v) is 3.53. The summed E-state index contributed by atoms with van der Waals surface area (Å²) in [6, 6.07) is 0.720. The largest absolute Gasteiger partial charge is 0.352 e. The normalized spacial score (nSPS) is 25.1. The molecule has 4 rings (SSSR count). The number of nitrogens with zero attached hydrogens (tertiary/aromatic N) is 5. The van der Waals surface area contributed by atoms with E-state index in [-0.39, 0.29) is 0 Å². The number of hydrogen-bond acceptors (Lipinski definition) is 5. The molecule has 1 saturated carbocycles. The van der Waals surface area contributed by atoms with Gasteiger partial charge in [0.1, 0.15) is 0 Å². The Hall–Kier alpha value is -1.20. The van der Waals surface area contributed by atoms with E-state index < -0.39 is 0 Å². The van der Waals surface area contributed by atoms with Crippen LogP contribution >= 0.6 is 0 Å². The minimum atomic E-state index is 0.681. The summed E-state index contributed by atoms with van der Waals surface area (Å²) in [5.41, 5.74) is 1.24. The van der Waals surface area contributed by atoms with Crippen molar-refractivity contribution in [2.75, 3.05) is 50.7 Å². The Labute approximate surface area is 127 Å². The van der Waals surface area contributed by atoms with Gasteiger partial charge in [0.25, 0.3) is 0 Å². The molecule has 1 aromatic heterocycles. The first-order valence-corrected chi connectivity index (χ1v) is 8.37. The van der Waals surface area contributed by atoms with Crippen LogP contribution in [0.3, 0.4) is 0 Å². The Morgan fingerprint density at radius 3 is 2.43 bits per heavy atom. The Balaban J connectivity index is 1.35. The topological polar surface area (TPSA) is 35.5 Å². The van der Waals surface area contributed by atoms with Gasteiger partial charge in [0, 0.05) is 63.6 Å². The molecule has 3 heterocycles. The van der Waals surface area contributed by atoms with Gasteiger partial charge in [-0.3, -0.25) is 9.88 Å². The standard InChI is InChI=1S/C16H25N5/c1-2-19-7-9-20(10-8-19)14-11-21(12-14)16-15(13-3-4-13)17-5-6-18-16/h5-6,13-14H,2-4,7-12H2,1H3. The zero-order chi connectivity index (χ0) is 14.2. The Morgan fingerprint density at radius 1 is 1.05 bits per heavy atom. The highest BCUT2D eigenvalue weighted by molar-refractivity contribution is 5.49. The molecule has 0 amide bonds. The quantitative estimate of drug-likeness (QED) is 0.831. The fraction of sp³-hybridized carbons (Fsp3) is 0.750. The summed E-state index contributed by atoms with van der Waals surface area (Å²) in [4.78, 5) is 16.8. The average molecular weight is 287 g/mol. The Morgan fingerprint density at radius 2 is 1.76 bits per heavy atom. The van der Waals surface area contributed by atoms with Crippen LogP contribution in [-0.2, 0) is 0 Å². The molecule has 21 heavy (non-hydrogen) atoms. The average Bonchev–Trinajstić information content (AvgIpc) is 3.32. The van der Waals surface area contributed by atoms with Crippen LogP contribution in [0.4, 0.5) is 5.82 Å². The third-order valence-electron chi connectivity index (χ3n) is 5.20. The molecule has 0 spiro atoms. The first-order chi connectivity index (χ1) is 10.3. The maximum Gasteiger partial charge on any atom is 0.150 e. The molecule has 3 aliphatic rings. The number of anilines is 1. The molecule has 0 atom stereocenters. The van der Waals surface area contributed by atoms with Gasteiger partial charge in [-0.25, -0.2) is 4.98 Å². The van der Waals surface area contributed by atoms with Crippen LogP contribution in [-0.4, -0.2) is 71.6 Å². The predicted octanol–water partition coefficient (Wildman–Crippen LogP) is 1.18. The monoisotopic (exact) mass is 287 g/mol. The van der Waals surface area contributed by atoms with E-state index in [4.69, 9.17) is 0 Å². The zero-order valence-electron chi connectivity index (χ0n) is 12.9. The highest BCUT2D eigenvalue weighted by Crippen LogP contribution is 2.43. The van der Waals surface area contributed by atoms with Crippen LogP contribution in [0.1, 0.15) is 31.4 Å². The van der Waals surface area contributed by atoms with Crippen molar-refractivity contribution in [1.82, 2.24) is 19.8 Å². The van der Waals surface area contributed by atoms with E-state index in [2.05, 4.69) is 31.6 Å². The van der Waals surface area contributed by atoms with Crippen molar-refractivity contribution in [1.29, 1.82) is 0 Å². The maximum atomic E-state index is 4.60. The van der Waals surface area contributed by atoms with Gasteiger partial charge in [0.2, 0.25) is 0 Å².